The van der Waals surface area contributed by atoms with E-state index in [1.807, 2.05) is 32.0 Å². The fraction of sp³-hybridized carbons (Fsp3) is 0.435. The molecule has 1 saturated heterocycles. The van der Waals surface area contributed by atoms with Crippen molar-refractivity contribution in [3.05, 3.63) is 69.3 Å². The van der Waals surface area contributed by atoms with Crippen LogP contribution in [0.1, 0.15) is 36.5 Å². The van der Waals surface area contributed by atoms with Gasteiger partial charge in [0.15, 0.2) is 5.96 Å². The van der Waals surface area contributed by atoms with Crippen LogP contribution in [0, 0.1) is 17.0 Å². The molecule has 3 rings (SSSR count). The van der Waals surface area contributed by atoms with Crippen LogP contribution in [0.5, 0.6) is 5.75 Å². The molecule has 31 heavy (non-hydrogen) atoms. The van der Waals surface area contributed by atoms with E-state index in [-0.39, 0.29) is 16.7 Å². The summed E-state index contributed by atoms with van der Waals surface area (Å²) in [6.07, 6.45) is 2.26. The molecule has 166 valence electrons. The number of aryl methyl sites for hydroxylation is 1. The minimum absolute atomic E-state index is 0.0919. The largest absolute Gasteiger partial charge is 0.491 e. The summed E-state index contributed by atoms with van der Waals surface area (Å²) in [5.74, 6) is 1.40. The number of nitro groups is 1. The maximum Gasteiger partial charge on any atom is 0.274 e. The van der Waals surface area contributed by atoms with Crippen LogP contribution in [-0.2, 0) is 17.8 Å². The van der Waals surface area contributed by atoms with Crippen LogP contribution >= 0.6 is 0 Å². The van der Waals surface area contributed by atoms with Crippen LogP contribution in [0.2, 0.25) is 0 Å². The van der Waals surface area contributed by atoms with E-state index in [4.69, 9.17) is 9.47 Å². The first kappa shape index (κ1) is 22.6. The van der Waals surface area contributed by atoms with Gasteiger partial charge in [0.25, 0.3) is 5.69 Å². The molecule has 1 atom stereocenters. The first-order valence-electron chi connectivity index (χ1n) is 10.6. The minimum atomic E-state index is -0.370. The van der Waals surface area contributed by atoms with Gasteiger partial charge in [-0.05, 0) is 38.3 Å². The van der Waals surface area contributed by atoms with Crippen LogP contribution in [0.25, 0.3) is 0 Å². The quantitative estimate of drug-likeness (QED) is 0.274. The highest BCUT2D eigenvalue weighted by molar-refractivity contribution is 5.79. The smallest absolute Gasteiger partial charge is 0.274 e. The predicted molar refractivity (Wildman–Crippen MR) is 120 cm³/mol. The summed E-state index contributed by atoms with van der Waals surface area (Å²) in [6, 6.07) is 12.8. The maximum absolute atomic E-state index is 11.2. The number of para-hydroxylation sites is 1. The maximum atomic E-state index is 11.2. The van der Waals surface area contributed by atoms with E-state index < -0.39 is 0 Å². The molecule has 8 nitrogen and oxygen atoms in total. The molecule has 0 spiro atoms. The summed E-state index contributed by atoms with van der Waals surface area (Å²) < 4.78 is 11.7. The van der Waals surface area contributed by atoms with Gasteiger partial charge in [-0.2, -0.15) is 0 Å². The predicted octanol–water partition coefficient (Wildman–Crippen LogP) is 3.72. The summed E-state index contributed by atoms with van der Waals surface area (Å²) in [7, 11) is 0. The second-order valence-electron chi connectivity index (χ2n) is 7.49. The molecule has 8 heteroatoms. The molecule has 1 aliphatic heterocycles. The highest BCUT2D eigenvalue weighted by atomic mass is 16.6. The van der Waals surface area contributed by atoms with Gasteiger partial charge in [0, 0.05) is 36.9 Å². The average molecular weight is 427 g/mol. The molecular formula is C23H30N4O4. The van der Waals surface area contributed by atoms with Gasteiger partial charge in [0.1, 0.15) is 12.4 Å². The van der Waals surface area contributed by atoms with Gasteiger partial charge in [0.2, 0.25) is 0 Å². The van der Waals surface area contributed by atoms with Crippen molar-refractivity contribution in [2.45, 2.75) is 45.9 Å². The number of hydrogen-bond donors (Lipinski definition) is 2. The lowest BCUT2D eigenvalue weighted by atomic mass is 10.1. The average Bonchev–Trinajstić information content (AvgIpc) is 3.29. The Balaban J connectivity index is 1.67. The zero-order valence-corrected chi connectivity index (χ0v) is 18.1. The number of nitrogens with one attached hydrogen (secondary N) is 2. The van der Waals surface area contributed by atoms with Gasteiger partial charge >= 0.3 is 0 Å². The van der Waals surface area contributed by atoms with E-state index in [2.05, 4.69) is 15.6 Å². The molecule has 0 aliphatic carbocycles. The van der Waals surface area contributed by atoms with E-state index in [0.717, 1.165) is 36.3 Å². The molecule has 1 unspecified atom stereocenters. The third-order valence-electron chi connectivity index (χ3n) is 5.06. The molecule has 2 N–H and O–H groups in total. The van der Waals surface area contributed by atoms with E-state index >= 15 is 0 Å². The number of hydrogen-bond acceptors (Lipinski definition) is 5. The van der Waals surface area contributed by atoms with Gasteiger partial charge in [-0.15, -0.1) is 0 Å². The molecule has 1 aliphatic rings. The molecule has 0 aromatic heterocycles. The Labute approximate surface area is 182 Å². The number of benzene rings is 2. The normalized spacial score (nSPS) is 16.2. The molecule has 0 radical (unpaired) electrons. The van der Waals surface area contributed by atoms with Gasteiger partial charge in [-0.3, -0.25) is 10.1 Å². The standard InChI is InChI=1S/C23H30N4O4/c1-3-24-23(25-14-18-7-4-5-9-21(18)27(28)29)26-15-19-11-10-17(2)13-22(19)31-16-20-8-6-12-30-20/h4-5,7,9-11,13,20H,3,6,8,12,14-16H2,1-2H3,(H2,24,25,26). The molecular weight excluding hydrogens is 396 g/mol. The number of rotatable bonds is 9. The lowest BCUT2D eigenvalue weighted by Gasteiger charge is -2.15. The fourth-order valence-electron chi connectivity index (χ4n) is 3.41. The Morgan fingerprint density at radius 3 is 2.84 bits per heavy atom. The van der Waals surface area contributed by atoms with Gasteiger partial charge in [-0.25, -0.2) is 4.99 Å². The topological polar surface area (TPSA) is 98.0 Å². The number of nitrogens with zero attached hydrogens (tertiary/aromatic N) is 2. The van der Waals surface area contributed by atoms with E-state index in [9.17, 15) is 10.1 Å². The van der Waals surface area contributed by atoms with Crippen LogP contribution in [0.4, 0.5) is 5.69 Å². The SMILES string of the molecule is CCNC(=NCc1ccc(C)cc1OCC1CCCO1)NCc1ccccc1[N+](=O)[O-]. The molecule has 0 bridgehead atoms. The molecule has 1 fully saturated rings. The van der Waals surface area contributed by atoms with Crippen molar-refractivity contribution in [1.29, 1.82) is 0 Å². The van der Waals surface area contributed by atoms with Crippen molar-refractivity contribution in [3.63, 3.8) is 0 Å². The third kappa shape index (κ3) is 6.68. The Morgan fingerprint density at radius 2 is 2.10 bits per heavy atom. The Bertz CT molecular complexity index is 910. The second kappa shape index (κ2) is 11.3. The van der Waals surface area contributed by atoms with Crippen LogP contribution < -0.4 is 15.4 Å². The number of aliphatic imine (C=N–C) groups is 1. The summed E-state index contributed by atoms with van der Waals surface area (Å²) in [6.45, 7) is 6.76. The molecule has 2 aromatic rings. The third-order valence-corrected chi connectivity index (χ3v) is 5.06. The number of guanidine groups is 1. The molecule has 1 heterocycles. The molecule has 0 saturated carbocycles. The zero-order chi connectivity index (χ0) is 22.1. The van der Waals surface area contributed by atoms with E-state index in [1.165, 1.54) is 6.07 Å². The Morgan fingerprint density at radius 1 is 1.26 bits per heavy atom. The Hall–Kier alpha value is -3.13. The first-order chi connectivity index (χ1) is 15.1. The highest BCUT2D eigenvalue weighted by Gasteiger charge is 2.17. The summed E-state index contributed by atoms with van der Waals surface area (Å²) in [4.78, 5) is 15.5. The van der Waals surface area contributed by atoms with Crippen LogP contribution in [0.15, 0.2) is 47.5 Å². The van der Waals surface area contributed by atoms with Crippen molar-refractivity contribution >= 4 is 11.6 Å². The van der Waals surface area contributed by atoms with Crippen LogP contribution in [0.3, 0.4) is 0 Å². The second-order valence-corrected chi connectivity index (χ2v) is 7.49. The van der Waals surface area contributed by atoms with Gasteiger partial charge in [0.05, 0.1) is 17.6 Å². The highest BCUT2D eigenvalue weighted by Crippen LogP contribution is 2.23. The van der Waals surface area contributed by atoms with Gasteiger partial charge in [-0.1, -0.05) is 30.3 Å². The zero-order valence-electron chi connectivity index (χ0n) is 18.1. The number of nitro benzene ring substituents is 1. The van der Waals surface area contributed by atoms with E-state index in [0.29, 0.717) is 37.8 Å². The summed E-state index contributed by atoms with van der Waals surface area (Å²) in [5.41, 5.74) is 2.80. The van der Waals surface area contributed by atoms with Gasteiger partial charge < -0.3 is 20.1 Å². The van der Waals surface area contributed by atoms with Crippen molar-refractivity contribution in [3.8, 4) is 5.75 Å². The molecule has 0 amide bonds. The van der Waals surface area contributed by atoms with Crippen molar-refractivity contribution in [1.82, 2.24) is 10.6 Å². The van der Waals surface area contributed by atoms with Crippen LogP contribution in [-0.4, -0.2) is 36.7 Å². The first-order valence-corrected chi connectivity index (χ1v) is 10.6. The lowest BCUT2D eigenvalue weighted by Crippen LogP contribution is -2.36. The number of ether oxygens (including phenoxy) is 2. The molecule has 2 aromatic carbocycles. The fourth-order valence-corrected chi connectivity index (χ4v) is 3.41. The van der Waals surface area contributed by atoms with Crippen molar-refractivity contribution < 1.29 is 14.4 Å². The minimum Gasteiger partial charge on any atom is -0.491 e. The summed E-state index contributed by atoms with van der Waals surface area (Å²) in [5, 5.41) is 17.6. The monoisotopic (exact) mass is 426 g/mol. The van der Waals surface area contributed by atoms with Crippen molar-refractivity contribution in [2.24, 2.45) is 4.99 Å². The summed E-state index contributed by atoms with van der Waals surface area (Å²) >= 11 is 0. The Kier molecular flexibility index (Phi) is 8.23. The van der Waals surface area contributed by atoms with Crippen molar-refractivity contribution in [2.75, 3.05) is 19.8 Å². The van der Waals surface area contributed by atoms with E-state index in [1.54, 1.807) is 18.2 Å². The lowest BCUT2D eigenvalue weighted by molar-refractivity contribution is -0.385.